The molecule has 1 aromatic heterocycles. The number of nitrogens with zero attached hydrogens (tertiary/aromatic N) is 3. The van der Waals surface area contributed by atoms with Crippen molar-refractivity contribution in [1.29, 1.82) is 0 Å². The van der Waals surface area contributed by atoms with E-state index < -0.39 is 5.60 Å². The molecule has 2 rings (SSSR count). The third kappa shape index (κ3) is 4.18. The number of carbonyl (C=O) groups excluding carboxylic acids is 1. The van der Waals surface area contributed by atoms with Crippen LogP contribution in [0.4, 0.5) is 22.1 Å². The summed E-state index contributed by atoms with van der Waals surface area (Å²) in [5, 5.41) is 3.01. The molecule has 128 valence electrons. The number of ether oxygens (including phenoxy) is 1. The van der Waals surface area contributed by atoms with E-state index in [0.29, 0.717) is 24.6 Å². The summed E-state index contributed by atoms with van der Waals surface area (Å²) < 4.78 is 5.42. The predicted molar refractivity (Wildman–Crippen MR) is 93.0 cm³/mol. The van der Waals surface area contributed by atoms with Crippen molar-refractivity contribution in [3.05, 3.63) is 11.6 Å². The van der Waals surface area contributed by atoms with E-state index in [9.17, 15) is 4.79 Å². The van der Waals surface area contributed by atoms with Gasteiger partial charge in [0.05, 0.1) is 5.69 Å². The number of pyridine rings is 1. The summed E-state index contributed by atoms with van der Waals surface area (Å²) in [4.78, 5) is 20.6. The number of aryl methyl sites for hydroxylation is 1. The van der Waals surface area contributed by atoms with Crippen molar-refractivity contribution in [1.82, 2.24) is 9.88 Å². The summed E-state index contributed by atoms with van der Waals surface area (Å²) in [6.45, 7) is 10.3. The zero-order valence-corrected chi connectivity index (χ0v) is 14.6. The fourth-order valence-corrected chi connectivity index (χ4v) is 2.57. The van der Waals surface area contributed by atoms with Gasteiger partial charge in [-0.15, -0.1) is 0 Å². The lowest BCUT2D eigenvalue weighted by atomic mass is 10.2. The number of carbonyl (C=O) groups is 1. The number of piperazine rings is 1. The molecule has 7 nitrogen and oxygen atoms in total. The van der Waals surface area contributed by atoms with Crippen LogP contribution in [0.15, 0.2) is 6.07 Å². The Morgan fingerprint density at radius 2 is 1.91 bits per heavy atom. The fraction of sp³-hybridized carbons (Fsp3) is 0.625. The average Bonchev–Trinajstić information content (AvgIpc) is 2.46. The number of amides is 1. The summed E-state index contributed by atoms with van der Waals surface area (Å²) in [7, 11) is 1.80. The Morgan fingerprint density at radius 1 is 1.30 bits per heavy atom. The lowest BCUT2D eigenvalue weighted by molar-refractivity contribution is 0.0240. The average molecular weight is 321 g/mol. The number of nitrogen functional groups attached to an aromatic ring is 1. The molecule has 0 spiro atoms. The Kier molecular flexibility index (Phi) is 4.87. The minimum atomic E-state index is -0.467. The van der Waals surface area contributed by atoms with Gasteiger partial charge in [0.1, 0.15) is 11.4 Å². The van der Waals surface area contributed by atoms with Gasteiger partial charge in [-0.3, -0.25) is 0 Å². The van der Waals surface area contributed by atoms with Crippen LogP contribution < -0.4 is 16.0 Å². The first-order chi connectivity index (χ1) is 10.7. The second-order valence-corrected chi connectivity index (χ2v) is 6.77. The molecule has 0 radical (unpaired) electrons. The quantitative estimate of drug-likeness (QED) is 0.867. The van der Waals surface area contributed by atoms with Gasteiger partial charge in [-0.2, -0.15) is 0 Å². The van der Waals surface area contributed by atoms with E-state index in [-0.39, 0.29) is 6.09 Å². The van der Waals surface area contributed by atoms with Crippen LogP contribution in [-0.4, -0.2) is 54.8 Å². The van der Waals surface area contributed by atoms with Crippen molar-refractivity contribution in [3.8, 4) is 0 Å². The third-order valence-corrected chi connectivity index (χ3v) is 3.68. The zero-order valence-electron chi connectivity index (χ0n) is 14.6. The number of nitrogens with one attached hydrogen (secondary N) is 1. The van der Waals surface area contributed by atoms with E-state index in [1.165, 1.54) is 0 Å². The maximum atomic E-state index is 12.1. The molecular weight excluding hydrogens is 294 g/mol. The first-order valence-electron chi connectivity index (χ1n) is 7.89. The second-order valence-electron chi connectivity index (χ2n) is 6.77. The standard InChI is InChI=1S/C16H27N5O2/c1-11-10-12(17)13(18-5)19-14(11)20-6-8-21(9-7-20)15(22)23-16(2,3)4/h10H,6-9,17H2,1-5H3,(H,18,19). The molecule has 0 saturated carbocycles. The molecule has 1 aliphatic heterocycles. The summed E-state index contributed by atoms with van der Waals surface area (Å²) in [5.41, 5.74) is 7.15. The molecule has 1 amide bonds. The van der Waals surface area contributed by atoms with Crippen LogP contribution in [0, 0.1) is 6.92 Å². The van der Waals surface area contributed by atoms with E-state index in [1.807, 2.05) is 33.8 Å². The smallest absolute Gasteiger partial charge is 0.410 e. The summed E-state index contributed by atoms with van der Waals surface area (Å²) in [5.74, 6) is 1.59. The monoisotopic (exact) mass is 321 g/mol. The van der Waals surface area contributed by atoms with Gasteiger partial charge >= 0.3 is 6.09 Å². The van der Waals surface area contributed by atoms with Crippen LogP contribution in [0.1, 0.15) is 26.3 Å². The Bertz CT molecular complexity index is 575. The van der Waals surface area contributed by atoms with E-state index >= 15 is 0 Å². The molecule has 2 heterocycles. The summed E-state index contributed by atoms with van der Waals surface area (Å²) in [6.07, 6.45) is -0.255. The highest BCUT2D eigenvalue weighted by atomic mass is 16.6. The molecule has 0 bridgehead atoms. The van der Waals surface area contributed by atoms with Gasteiger partial charge in [0.2, 0.25) is 0 Å². The molecule has 1 aliphatic rings. The number of hydrogen-bond acceptors (Lipinski definition) is 6. The van der Waals surface area contributed by atoms with Gasteiger partial charge in [0.15, 0.2) is 5.82 Å². The lowest BCUT2D eigenvalue weighted by Crippen LogP contribution is -2.50. The van der Waals surface area contributed by atoms with E-state index in [0.717, 1.165) is 24.5 Å². The van der Waals surface area contributed by atoms with E-state index in [2.05, 4.69) is 15.2 Å². The minimum absolute atomic E-state index is 0.255. The molecule has 23 heavy (non-hydrogen) atoms. The SMILES string of the molecule is CNc1nc(N2CCN(C(=O)OC(C)(C)C)CC2)c(C)cc1N. The molecule has 0 atom stereocenters. The Morgan fingerprint density at radius 3 is 2.43 bits per heavy atom. The Labute approximate surface area is 137 Å². The molecule has 1 saturated heterocycles. The molecular formula is C16H27N5O2. The van der Waals surface area contributed by atoms with Crippen LogP contribution in [0.5, 0.6) is 0 Å². The molecule has 0 aromatic carbocycles. The molecule has 1 fully saturated rings. The van der Waals surface area contributed by atoms with Gasteiger partial charge in [0.25, 0.3) is 0 Å². The number of nitrogens with two attached hydrogens (primary N) is 1. The maximum Gasteiger partial charge on any atom is 0.410 e. The largest absolute Gasteiger partial charge is 0.444 e. The van der Waals surface area contributed by atoms with Crippen molar-refractivity contribution in [2.45, 2.75) is 33.3 Å². The van der Waals surface area contributed by atoms with E-state index in [4.69, 9.17) is 10.5 Å². The number of anilines is 3. The highest BCUT2D eigenvalue weighted by Gasteiger charge is 2.27. The van der Waals surface area contributed by atoms with Gasteiger partial charge in [-0.05, 0) is 39.3 Å². The van der Waals surface area contributed by atoms with Gasteiger partial charge < -0.3 is 25.6 Å². The van der Waals surface area contributed by atoms with Crippen molar-refractivity contribution < 1.29 is 9.53 Å². The van der Waals surface area contributed by atoms with Crippen molar-refractivity contribution >= 4 is 23.4 Å². The van der Waals surface area contributed by atoms with Gasteiger partial charge in [0, 0.05) is 33.2 Å². The fourth-order valence-electron chi connectivity index (χ4n) is 2.57. The zero-order chi connectivity index (χ0) is 17.2. The molecule has 0 unspecified atom stereocenters. The Balaban J connectivity index is 2.03. The normalized spacial score (nSPS) is 15.5. The van der Waals surface area contributed by atoms with Crippen molar-refractivity contribution in [2.75, 3.05) is 49.2 Å². The number of rotatable bonds is 2. The molecule has 0 aliphatic carbocycles. The van der Waals surface area contributed by atoms with Crippen LogP contribution in [0.25, 0.3) is 0 Å². The first-order valence-corrected chi connectivity index (χ1v) is 7.89. The first kappa shape index (κ1) is 17.2. The number of hydrogen-bond donors (Lipinski definition) is 2. The predicted octanol–water partition coefficient (Wildman–Crippen LogP) is 2.07. The van der Waals surface area contributed by atoms with Crippen LogP contribution in [0.2, 0.25) is 0 Å². The van der Waals surface area contributed by atoms with Crippen LogP contribution in [0.3, 0.4) is 0 Å². The summed E-state index contributed by atoms with van der Waals surface area (Å²) >= 11 is 0. The van der Waals surface area contributed by atoms with Crippen LogP contribution in [-0.2, 0) is 4.74 Å². The summed E-state index contributed by atoms with van der Waals surface area (Å²) in [6, 6.07) is 1.93. The second kappa shape index (κ2) is 6.52. The molecule has 1 aromatic rings. The van der Waals surface area contributed by atoms with E-state index in [1.54, 1.807) is 11.9 Å². The highest BCUT2D eigenvalue weighted by Crippen LogP contribution is 2.26. The topological polar surface area (TPSA) is 83.7 Å². The van der Waals surface area contributed by atoms with Crippen LogP contribution >= 0.6 is 0 Å². The van der Waals surface area contributed by atoms with Crippen molar-refractivity contribution in [3.63, 3.8) is 0 Å². The van der Waals surface area contributed by atoms with Gasteiger partial charge in [-0.25, -0.2) is 9.78 Å². The minimum Gasteiger partial charge on any atom is -0.444 e. The number of aromatic nitrogens is 1. The van der Waals surface area contributed by atoms with Gasteiger partial charge in [-0.1, -0.05) is 0 Å². The van der Waals surface area contributed by atoms with Crippen molar-refractivity contribution in [2.24, 2.45) is 0 Å². The third-order valence-electron chi connectivity index (χ3n) is 3.68. The highest BCUT2D eigenvalue weighted by molar-refractivity contribution is 5.70. The maximum absolute atomic E-state index is 12.1. The molecule has 3 N–H and O–H groups in total. The Hall–Kier alpha value is -2.18. The lowest BCUT2D eigenvalue weighted by Gasteiger charge is -2.36. The molecule has 7 heteroatoms.